The maximum atomic E-state index is 13.4. The number of benzene rings is 1. The Morgan fingerprint density at radius 3 is 2.65 bits per heavy atom. The van der Waals surface area contributed by atoms with Gasteiger partial charge >= 0.3 is 6.03 Å². The lowest BCUT2D eigenvalue weighted by molar-refractivity contribution is -0.121. The van der Waals surface area contributed by atoms with Crippen LogP contribution in [-0.4, -0.2) is 24.6 Å². The van der Waals surface area contributed by atoms with Gasteiger partial charge in [0.15, 0.2) is 6.61 Å². The molecule has 1 aromatic carbocycles. The number of carbonyl (C=O) groups is 2. The molecule has 0 unspecified atom stereocenters. The van der Waals surface area contributed by atoms with Gasteiger partial charge in [-0.15, -0.1) is 0 Å². The quantitative estimate of drug-likeness (QED) is 0.723. The van der Waals surface area contributed by atoms with Gasteiger partial charge in [0, 0.05) is 18.7 Å². The Bertz CT molecular complexity index is 492. The second kappa shape index (κ2) is 7.44. The van der Waals surface area contributed by atoms with Crippen LogP contribution >= 0.6 is 0 Å². The standard InChI is InChI=1S/C13H18FN3O3/c1-8(2)16-6-9-3-10(14)5-11(4-9)20-7-12(18)17-13(15)19/h3-5,8,16H,6-7H2,1-2H3,(H3,15,17,18,19). The van der Waals surface area contributed by atoms with Gasteiger partial charge in [0.2, 0.25) is 0 Å². The fourth-order valence-corrected chi connectivity index (χ4v) is 1.45. The molecule has 0 saturated carbocycles. The fourth-order valence-electron chi connectivity index (χ4n) is 1.45. The van der Waals surface area contributed by atoms with Gasteiger partial charge in [-0.2, -0.15) is 0 Å². The summed E-state index contributed by atoms with van der Waals surface area (Å²) in [5.74, 6) is -0.938. The Labute approximate surface area is 116 Å². The molecule has 0 spiro atoms. The van der Waals surface area contributed by atoms with Crippen LogP contribution < -0.4 is 21.1 Å². The van der Waals surface area contributed by atoms with Crippen molar-refractivity contribution in [1.29, 1.82) is 0 Å². The van der Waals surface area contributed by atoms with Crippen molar-refractivity contribution in [3.05, 3.63) is 29.6 Å². The van der Waals surface area contributed by atoms with Crippen molar-refractivity contribution in [1.82, 2.24) is 10.6 Å². The molecule has 0 aliphatic carbocycles. The van der Waals surface area contributed by atoms with Crippen LogP contribution in [0.25, 0.3) is 0 Å². The summed E-state index contributed by atoms with van der Waals surface area (Å²) in [6, 6.07) is 3.47. The lowest BCUT2D eigenvalue weighted by atomic mass is 10.2. The van der Waals surface area contributed by atoms with E-state index in [1.807, 2.05) is 19.2 Å². The third-order valence-electron chi connectivity index (χ3n) is 2.28. The molecule has 7 heteroatoms. The maximum Gasteiger partial charge on any atom is 0.318 e. The van der Waals surface area contributed by atoms with E-state index in [1.54, 1.807) is 6.07 Å². The van der Waals surface area contributed by atoms with Gasteiger partial charge in [0.25, 0.3) is 5.91 Å². The fraction of sp³-hybridized carbons (Fsp3) is 0.385. The minimum Gasteiger partial charge on any atom is -0.484 e. The van der Waals surface area contributed by atoms with Crippen LogP contribution in [-0.2, 0) is 11.3 Å². The molecule has 0 bridgehead atoms. The SMILES string of the molecule is CC(C)NCc1cc(F)cc(OCC(=O)NC(N)=O)c1. The highest BCUT2D eigenvalue weighted by molar-refractivity contribution is 5.94. The van der Waals surface area contributed by atoms with Crippen LogP contribution in [0.5, 0.6) is 5.75 Å². The third kappa shape index (κ3) is 6.14. The summed E-state index contributed by atoms with van der Waals surface area (Å²) in [4.78, 5) is 21.6. The predicted octanol–water partition coefficient (Wildman–Crippen LogP) is 0.897. The van der Waals surface area contributed by atoms with Crippen molar-refractivity contribution in [2.24, 2.45) is 5.73 Å². The molecule has 0 aromatic heterocycles. The monoisotopic (exact) mass is 283 g/mol. The number of hydrogen-bond acceptors (Lipinski definition) is 4. The largest absolute Gasteiger partial charge is 0.484 e. The van der Waals surface area contributed by atoms with Gasteiger partial charge in [-0.05, 0) is 17.7 Å². The summed E-state index contributed by atoms with van der Waals surface area (Å²) >= 11 is 0. The van der Waals surface area contributed by atoms with E-state index in [4.69, 9.17) is 10.5 Å². The van der Waals surface area contributed by atoms with Gasteiger partial charge in [-0.1, -0.05) is 13.8 Å². The van der Waals surface area contributed by atoms with Crippen molar-refractivity contribution in [2.75, 3.05) is 6.61 Å². The van der Waals surface area contributed by atoms with Gasteiger partial charge < -0.3 is 15.8 Å². The summed E-state index contributed by atoms with van der Waals surface area (Å²) in [6.45, 7) is 4.03. The summed E-state index contributed by atoms with van der Waals surface area (Å²) in [5, 5.41) is 5.00. The van der Waals surface area contributed by atoms with Crippen LogP contribution in [0.15, 0.2) is 18.2 Å². The van der Waals surface area contributed by atoms with E-state index in [9.17, 15) is 14.0 Å². The Hall–Kier alpha value is -2.15. The first kappa shape index (κ1) is 15.9. The van der Waals surface area contributed by atoms with Gasteiger partial charge in [-0.25, -0.2) is 9.18 Å². The zero-order valence-electron chi connectivity index (χ0n) is 11.4. The maximum absolute atomic E-state index is 13.4. The minimum atomic E-state index is -0.959. The Morgan fingerprint density at radius 2 is 2.05 bits per heavy atom. The van der Waals surface area contributed by atoms with E-state index in [0.29, 0.717) is 12.1 Å². The number of halogens is 1. The topological polar surface area (TPSA) is 93.4 Å². The molecule has 1 rings (SSSR count). The molecule has 4 N–H and O–H groups in total. The highest BCUT2D eigenvalue weighted by atomic mass is 19.1. The second-order valence-corrected chi connectivity index (χ2v) is 4.53. The van der Waals surface area contributed by atoms with E-state index in [-0.39, 0.29) is 11.8 Å². The lowest BCUT2D eigenvalue weighted by Crippen LogP contribution is -2.38. The van der Waals surface area contributed by atoms with Gasteiger partial charge in [0.05, 0.1) is 0 Å². The van der Waals surface area contributed by atoms with Crippen LogP contribution in [0.4, 0.5) is 9.18 Å². The number of amides is 3. The molecule has 0 saturated heterocycles. The summed E-state index contributed by atoms with van der Waals surface area (Å²) < 4.78 is 18.5. The third-order valence-corrected chi connectivity index (χ3v) is 2.28. The van der Waals surface area contributed by atoms with E-state index in [2.05, 4.69) is 5.32 Å². The van der Waals surface area contributed by atoms with Crippen LogP contribution in [0.3, 0.4) is 0 Å². The minimum absolute atomic E-state index is 0.213. The smallest absolute Gasteiger partial charge is 0.318 e. The van der Waals surface area contributed by atoms with Crippen LogP contribution in [0.2, 0.25) is 0 Å². The van der Waals surface area contributed by atoms with Crippen molar-refractivity contribution in [3.8, 4) is 5.75 Å². The summed E-state index contributed by atoms with van der Waals surface area (Å²) in [6.07, 6.45) is 0. The number of ether oxygens (including phenoxy) is 1. The number of imide groups is 1. The van der Waals surface area contributed by atoms with E-state index in [0.717, 1.165) is 6.07 Å². The highest BCUT2D eigenvalue weighted by Gasteiger charge is 2.07. The molecule has 0 radical (unpaired) electrons. The lowest BCUT2D eigenvalue weighted by Gasteiger charge is -2.11. The molecule has 0 heterocycles. The Kier molecular flexibility index (Phi) is 5.92. The molecule has 6 nitrogen and oxygen atoms in total. The first-order valence-corrected chi connectivity index (χ1v) is 6.11. The molecule has 0 atom stereocenters. The number of urea groups is 1. The molecule has 110 valence electrons. The molecule has 20 heavy (non-hydrogen) atoms. The van der Waals surface area contributed by atoms with Crippen molar-refractivity contribution < 1.29 is 18.7 Å². The summed E-state index contributed by atoms with van der Waals surface area (Å²) in [7, 11) is 0. The van der Waals surface area contributed by atoms with E-state index >= 15 is 0 Å². The number of rotatable bonds is 6. The van der Waals surface area contributed by atoms with Crippen molar-refractivity contribution >= 4 is 11.9 Å². The average molecular weight is 283 g/mol. The van der Waals surface area contributed by atoms with E-state index in [1.165, 1.54) is 6.07 Å². The molecule has 3 amide bonds. The van der Waals surface area contributed by atoms with E-state index < -0.39 is 24.4 Å². The molecule has 1 aromatic rings. The predicted molar refractivity (Wildman–Crippen MR) is 71.6 cm³/mol. The summed E-state index contributed by atoms with van der Waals surface area (Å²) in [5.41, 5.74) is 5.48. The zero-order chi connectivity index (χ0) is 15.1. The number of nitrogens with two attached hydrogens (primary N) is 1. The van der Waals surface area contributed by atoms with Gasteiger partial charge in [0.1, 0.15) is 11.6 Å². The van der Waals surface area contributed by atoms with Crippen LogP contribution in [0.1, 0.15) is 19.4 Å². The van der Waals surface area contributed by atoms with Gasteiger partial charge in [-0.3, -0.25) is 10.1 Å². The number of carbonyl (C=O) groups excluding carboxylic acids is 2. The number of hydrogen-bond donors (Lipinski definition) is 3. The Morgan fingerprint density at radius 1 is 1.35 bits per heavy atom. The normalized spacial score (nSPS) is 10.4. The molecule has 0 aliphatic heterocycles. The zero-order valence-corrected chi connectivity index (χ0v) is 11.4. The molecule has 0 fully saturated rings. The highest BCUT2D eigenvalue weighted by Crippen LogP contribution is 2.16. The van der Waals surface area contributed by atoms with Crippen molar-refractivity contribution in [2.45, 2.75) is 26.4 Å². The second-order valence-electron chi connectivity index (χ2n) is 4.53. The average Bonchev–Trinajstić information content (AvgIpc) is 2.32. The number of primary amides is 1. The Balaban J connectivity index is 2.61. The first-order valence-electron chi connectivity index (χ1n) is 6.11. The van der Waals surface area contributed by atoms with Crippen molar-refractivity contribution in [3.63, 3.8) is 0 Å². The van der Waals surface area contributed by atoms with Crippen LogP contribution in [0, 0.1) is 5.82 Å². The molecule has 0 aliphatic rings. The molecular weight excluding hydrogens is 265 g/mol. The number of nitrogens with one attached hydrogen (secondary N) is 2. The first-order chi connectivity index (χ1) is 9.36. The molecular formula is C13H18FN3O3.